The first-order chi connectivity index (χ1) is 11.5. The van der Waals surface area contributed by atoms with Crippen LogP contribution in [0.4, 0.5) is 5.69 Å². The summed E-state index contributed by atoms with van der Waals surface area (Å²) in [7, 11) is 0. The molecule has 1 atom stereocenters. The van der Waals surface area contributed by atoms with Crippen molar-refractivity contribution in [2.75, 3.05) is 0 Å². The van der Waals surface area contributed by atoms with E-state index in [9.17, 15) is 20.2 Å². The second-order valence-electron chi connectivity index (χ2n) is 5.15. The van der Waals surface area contributed by atoms with Crippen LogP contribution >= 0.6 is 0 Å². The molecule has 3 aromatic rings. The minimum absolute atomic E-state index is 0.0189. The molecule has 0 bridgehead atoms. The Hall–Kier alpha value is -3.53. The minimum atomic E-state index is -1.27. The lowest BCUT2D eigenvalue weighted by Crippen LogP contribution is -2.13. The summed E-state index contributed by atoms with van der Waals surface area (Å²) < 4.78 is 5.49. The van der Waals surface area contributed by atoms with Crippen molar-refractivity contribution < 1.29 is 14.1 Å². The number of oxazole rings is 1. The lowest BCUT2D eigenvalue weighted by Gasteiger charge is -2.07. The van der Waals surface area contributed by atoms with Crippen molar-refractivity contribution in [2.45, 2.75) is 12.8 Å². The molecule has 0 aliphatic heterocycles. The summed E-state index contributed by atoms with van der Waals surface area (Å²) in [6.07, 6.45) is 0. The summed E-state index contributed by atoms with van der Waals surface area (Å²) in [6.45, 7) is 1.48. The molecule has 0 amide bonds. The fourth-order valence-electron chi connectivity index (χ4n) is 2.48. The fourth-order valence-corrected chi connectivity index (χ4v) is 2.48. The second-order valence-corrected chi connectivity index (χ2v) is 5.15. The van der Waals surface area contributed by atoms with Crippen molar-refractivity contribution in [3.05, 3.63) is 69.6 Å². The van der Waals surface area contributed by atoms with Crippen LogP contribution in [0.2, 0.25) is 0 Å². The van der Waals surface area contributed by atoms with Gasteiger partial charge in [-0.15, -0.1) is 0 Å². The van der Waals surface area contributed by atoms with Crippen molar-refractivity contribution in [1.82, 2.24) is 4.98 Å². The van der Waals surface area contributed by atoms with Crippen LogP contribution < -0.4 is 0 Å². The van der Waals surface area contributed by atoms with Crippen LogP contribution in [0.15, 0.2) is 46.9 Å². The summed E-state index contributed by atoms with van der Waals surface area (Å²) in [5.41, 5.74) is 1.16. The third kappa shape index (κ3) is 2.50. The van der Waals surface area contributed by atoms with Gasteiger partial charge in [-0.25, -0.2) is 4.98 Å². The molecule has 1 heterocycles. The van der Waals surface area contributed by atoms with Gasteiger partial charge in [-0.1, -0.05) is 24.3 Å². The first kappa shape index (κ1) is 15.4. The van der Waals surface area contributed by atoms with Gasteiger partial charge in [-0.3, -0.25) is 14.9 Å². The Labute approximate surface area is 136 Å². The van der Waals surface area contributed by atoms with Gasteiger partial charge in [-0.05, 0) is 19.1 Å². The van der Waals surface area contributed by atoms with E-state index in [1.54, 1.807) is 24.3 Å². The number of carbonyl (C=O) groups excluding carboxylic acids is 1. The zero-order chi connectivity index (χ0) is 17.3. The Balaban J connectivity index is 2.06. The number of para-hydroxylation sites is 2. The number of nitro benzene ring substituents is 1. The number of hydrogen-bond acceptors (Lipinski definition) is 6. The summed E-state index contributed by atoms with van der Waals surface area (Å²) in [5, 5.41) is 20.4. The van der Waals surface area contributed by atoms with Crippen molar-refractivity contribution >= 4 is 22.6 Å². The zero-order valence-corrected chi connectivity index (χ0v) is 12.6. The van der Waals surface area contributed by atoms with Crippen LogP contribution in [0.5, 0.6) is 0 Å². The van der Waals surface area contributed by atoms with Gasteiger partial charge in [0.1, 0.15) is 5.52 Å². The van der Waals surface area contributed by atoms with Gasteiger partial charge in [0, 0.05) is 17.2 Å². The number of ketones is 1. The highest BCUT2D eigenvalue weighted by Crippen LogP contribution is 2.28. The largest absolute Gasteiger partial charge is 0.439 e. The highest BCUT2D eigenvalue weighted by Gasteiger charge is 2.29. The minimum Gasteiger partial charge on any atom is -0.439 e. The van der Waals surface area contributed by atoms with Gasteiger partial charge >= 0.3 is 0 Å². The molecule has 0 saturated heterocycles. The number of fused-ring (bicyclic) bond motifs is 1. The molecule has 0 unspecified atom stereocenters. The lowest BCUT2D eigenvalue weighted by atomic mass is 9.94. The molecule has 2 aromatic carbocycles. The van der Waals surface area contributed by atoms with E-state index in [1.807, 2.05) is 6.07 Å². The molecule has 0 spiro atoms. The van der Waals surface area contributed by atoms with Crippen molar-refractivity contribution in [1.29, 1.82) is 5.26 Å². The number of nitrogens with zero attached hydrogens (tertiary/aromatic N) is 3. The predicted molar refractivity (Wildman–Crippen MR) is 84.5 cm³/mol. The van der Waals surface area contributed by atoms with Crippen molar-refractivity contribution in [3.63, 3.8) is 0 Å². The van der Waals surface area contributed by atoms with Gasteiger partial charge in [0.2, 0.25) is 5.89 Å². The molecule has 24 heavy (non-hydrogen) atoms. The van der Waals surface area contributed by atoms with Crippen molar-refractivity contribution in [3.8, 4) is 6.07 Å². The molecular formula is C17H11N3O4. The standard InChI is InChI=1S/C17H11N3O4/c1-10-11(5-4-7-14(10)20(22)23)16(21)12(9-18)17-19-13-6-2-3-8-15(13)24-17/h2-8,12H,1H3/t12-/m0/s1. The molecule has 0 saturated carbocycles. The van der Waals surface area contributed by atoms with Gasteiger partial charge in [0.25, 0.3) is 5.69 Å². The Morgan fingerprint density at radius 3 is 2.71 bits per heavy atom. The maximum Gasteiger partial charge on any atom is 0.273 e. The van der Waals surface area contributed by atoms with E-state index in [0.29, 0.717) is 11.1 Å². The van der Waals surface area contributed by atoms with Crippen LogP contribution in [-0.2, 0) is 0 Å². The van der Waals surface area contributed by atoms with Gasteiger partial charge in [-0.2, -0.15) is 5.26 Å². The molecular weight excluding hydrogens is 310 g/mol. The first-order valence-electron chi connectivity index (χ1n) is 7.06. The highest BCUT2D eigenvalue weighted by molar-refractivity contribution is 6.04. The number of nitro groups is 1. The van der Waals surface area contributed by atoms with E-state index < -0.39 is 16.6 Å². The average Bonchev–Trinajstić information content (AvgIpc) is 2.98. The Morgan fingerprint density at radius 2 is 2.04 bits per heavy atom. The number of nitriles is 1. The number of rotatable bonds is 4. The predicted octanol–water partition coefficient (Wildman–Crippen LogP) is 3.53. The smallest absolute Gasteiger partial charge is 0.273 e. The summed E-state index contributed by atoms with van der Waals surface area (Å²) in [4.78, 5) is 27.3. The molecule has 0 N–H and O–H groups in total. The topological polar surface area (TPSA) is 110 Å². The number of Topliss-reactive ketones (excluding diaryl/α,β-unsaturated/α-hetero) is 1. The van der Waals surface area contributed by atoms with Gasteiger partial charge in [0.05, 0.1) is 11.0 Å². The molecule has 0 radical (unpaired) electrons. The second kappa shape index (κ2) is 5.93. The summed E-state index contributed by atoms with van der Waals surface area (Å²) in [5.74, 6) is -1.86. The van der Waals surface area contributed by atoms with E-state index in [0.717, 1.165) is 0 Å². The Morgan fingerprint density at radius 1 is 1.29 bits per heavy atom. The van der Waals surface area contributed by atoms with E-state index in [2.05, 4.69) is 4.98 Å². The van der Waals surface area contributed by atoms with E-state index >= 15 is 0 Å². The summed E-state index contributed by atoms with van der Waals surface area (Å²) in [6, 6.07) is 13.0. The van der Waals surface area contributed by atoms with Gasteiger partial charge in [0.15, 0.2) is 17.3 Å². The van der Waals surface area contributed by atoms with E-state index in [1.165, 1.54) is 25.1 Å². The number of carbonyl (C=O) groups is 1. The third-order valence-electron chi connectivity index (χ3n) is 3.72. The van der Waals surface area contributed by atoms with Crippen LogP contribution in [0, 0.1) is 28.4 Å². The molecule has 3 rings (SSSR count). The quantitative estimate of drug-likeness (QED) is 0.413. The maximum atomic E-state index is 12.7. The zero-order valence-electron chi connectivity index (χ0n) is 12.6. The molecule has 0 aliphatic rings. The van der Waals surface area contributed by atoms with Crippen LogP contribution in [0.1, 0.15) is 27.7 Å². The summed E-state index contributed by atoms with van der Waals surface area (Å²) >= 11 is 0. The molecule has 118 valence electrons. The van der Waals surface area contributed by atoms with E-state index in [-0.39, 0.29) is 22.7 Å². The Kier molecular flexibility index (Phi) is 3.80. The molecule has 1 aromatic heterocycles. The SMILES string of the molecule is Cc1c(C(=O)[C@H](C#N)c2nc3ccccc3o2)cccc1[N+](=O)[O-]. The number of aromatic nitrogens is 1. The number of benzene rings is 2. The normalized spacial score (nSPS) is 11.8. The monoisotopic (exact) mass is 321 g/mol. The maximum absolute atomic E-state index is 12.7. The fraction of sp³-hybridized carbons (Fsp3) is 0.118. The average molecular weight is 321 g/mol. The van der Waals surface area contributed by atoms with Gasteiger partial charge < -0.3 is 4.42 Å². The van der Waals surface area contributed by atoms with Crippen LogP contribution in [0.25, 0.3) is 11.1 Å². The first-order valence-corrected chi connectivity index (χ1v) is 7.06. The highest BCUT2D eigenvalue weighted by atomic mass is 16.6. The molecule has 7 nitrogen and oxygen atoms in total. The van der Waals surface area contributed by atoms with Crippen LogP contribution in [-0.4, -0.2) is 15.7 Å². The lowest BCUT2D eigenvalue weighted by molar-refractivity contribution is -0.385. The van der Waals surface area contributed by atoms with Crippen LogP contribution in [0.3, 0.4) is 0 Å². The van der Waals surface area contributed by atoms with Crippen molar-refractivity contribution in [2.24, 2.45) is 0 Å². The molecule has 0 fully saturated rings. The third-order valence-corrected chi connectivity index (χ3v) is 3.72. The molecule has 7 heteroatoms. The van der Waals surface area contributed by atoms with E-state index in [4.69, 9.17) is 4.42 Å². The Bertz CT molecular complexity index is 967. The number of hydrogen-bond donors (Lipinski definition) is 0. The molecule has 0 aliphatic carbocycles.